The van der Waals surface area contributed by atoms with Crippen LogP contribution in [0.5, 0.6) is 0 Å². The average Bonchev–Trinajstić information content (AvgIpc) is 2.16. The first-order chi connectivity index (χ1) is 7.49. The van der Waals surface area contributed by atoms with Crippen molar-refractivity contribution in [2.24, 2.45) is 5.92 Å². The van der Waals surface area contributed by atoms with Crippen LogP contribution in [0, 0.1) is 5.92 Å². The summed E-state index contributed by atoms with van der Waals surface area (Å²) >= 11 is 0. The Balaban J connectivity index is 2.31. The van der Waals surface area contributed by atoms with Crippen molar-refractivity contribution >= 4 is 11.7 Å². The Morgan fingerprint density at radius 1 is 1.12 bits per heavy atom. The van der Waals surface area contributed by atoms with Gasteiger partial charge in [-0.05, 0) is 12.8 Å². The Morgan fingerprint density at radius 2 is 1.69 bits per heavy atom. The molecule has 0 aromatic carbocycles. The van der Waals surface area contributed by atoms with Crippen LogP contribution < -0.4 is 0 Å². The Morgan fingerprint density at radius 3 is 2.12 bits per heavy atom. The lowest BCUT2D eigenvalue weighted by molar-refractivity contribution is -0.136. The van der Waals surface area contributed by atoms with Gasteiger partial charge in [0.2, 0.25) is 5.91 Å². The molecule has 0 aliphatic carbocycles. The predicted octanol–water partition coefficient (Wildman–Crippen LogP) is 0.766. The standard InChI is InChI=1S/C12H22N2O2/c1-10(2)9-13-4-6-14(7-5-13)12(16)8-11(3)15/h10H,4-9H2,1-3H3. The molecule has 1 aliphatic heterocycles. The smallest absolute Gasteiger partial charge is 0.230 e. The van der Waals surface area contributed by atoms with E-state index in [-0.39, 0.29) is 18.1 Å². The molecule has 0 radical (unpaired) electrons. The molecule has 1 fully saturated rings. The summed E-state index contributed by atoms with van der Waals surface area (Å²) in [6.45, 7) is 10.4. The van der Waals surface area contributed by atoms with Crippen LogP contribution in [0.4, 0.5) is 0 Å². The van der Waals surface area contributed by atoms with Crippen LogP contribution in [0.3, 0.4) is 0 Å². The van der Waals surface area contributed by atoms with Gasteiger partial charge in [0.15, 0.2) is 0 Å². The second-order valence-corrected chi connectivity index (χ2v) is 4.95. The third-order valence-corrected chi connectivity index (χ3v) is 2.75. The monoisotopic (exact) mass is 226 g/mol. The predicted molar refractivity (Wildman–Crippen MR) is 63.2 cm³/mol. The van der Waals surface area contributed by atoms with E-state index in [0.29, 0.717) is 5.92 Å². The summed E-state index contributed by atoms with van der Waals surface area (Å²) in [6, 6.07) is 0. The summed E-state index contributed by atoms with van der Waals surface area (Å²) in [4.78, 5) is 26.7. The molecular formula is C12H22N2O2. The molecule has 0 aromatic heterocycles. The van der Waals surface area contributed by atoms with Crippen molar-refractivity contribution in [3.05, 3.63) is 0 Å². The van der Waals surface area contributed by atoms with Crippen LogP contribution in [0.1, 0.15) is 27.2 Å². The molecule has 92 valence electrons. The molecule has 4 nitrogen and oxygen atoms in total. The summed E-state index contributed by atoms with van der Waals surface area (Å²) in [5.74, 6) is 0.603. The van der Waals surface area contributed by atoms with E-state index in [1.165, 1.54) is 6.92 Å². The molecule has 1 heterocycles. The third kappa shape index (κ3) is 4.31. The fourth-order valence-electron chi connectivity index (χ4n) is 2.02. The van der Waals surface area contributed by atoms with Crippen LogP contribution in [-0.2, 0) is 9.59 Å². The summed E-state index contributed by atoms with van der Waals surface area (Å²) in [6.07, 6.45) is 0.0597. The number of carbonyl (C=O) groups is 2. The van der Waals surface area contributed by atoms with E-state index < -0.39 is 0 Å². The summed E-state index contributed by atoms with van der Waals surface area (Å²) in [5.41, 5.74) is 0. The number of rotatable bonds is 4. The highest BCUT2D eigenvalue weighted by molar-refractivity contribution is 5.96. The van der Waals surface area contributed by atoms with Crippen LogP contribution in [0.25, 0.3) is 0 Å². The van der Waals surface area contributed by atoms with Crippen molar-refractivity contribution in [2.75, 3.05) is 32.7 Å². The minimum atomic E-state index is -0.0467. The highest BCUT2D eigenvalue weighted by Gasteiger charge is 2.21. The van der Waals surface area contributed by atoms with E-state index in [4.69, 9.17) is 0 Å². The molecule has 0 N–H and O–H groups in total. The molecular weight excluding hydrogens is 204 g/mol. The lowest BCUT2D eigenvalue weighted by Crippen LogP contribution is -2.49. The molecule has 0 aromatic rings. The van der Waals surface area contributed by atoms with E-state index in [9.17, 15) is 9.59 Å². The van der Waals surface area contributed by atoms with Crippen molar-refractivity contribution in [1.29, 1.82) is 0 Å². The topological polar surface area (TPSA) is 40.6 Å². The highest BCUT2D eigenvalue weighted by Crippen LogP contribution is 2.06. The molecule has 1 aliphatic rings. The van der Waals surface area contributed by atoms with Crippen molar-refractivity contribution in [3.63, 3.8) is 0 Å². The molecule has 1 saturated heterocycles. The van der Waals surface area contributed by atoms with E-state index in [1.807, 2.05) is 0 Å². The fourth-order valence-corrected chi connectivity index (χ4v) is 2.02. The van der Waals surface area contributed by atoms with Crippen molar-refractivity contribution in [1.82, 2.24) is 9.80 Å². The lowest BCUT2D eigenvalue weighted by atomic mass is 10.2. The SMILES string of the molecule is CC(=O)CC(=O)N1CCN(CC(C)C)CC1. The third-order valence-electron chi connectivity index (χ3n) is 2.75. The Labute approximate surface area is 97.6 Å². The van der Waals surface area contributed by atoms with Gasteiger partial charge in [0.1, 0.15) is 5.78 Å². The number of amides is 1. The van der Waals surface area contributed by atoms with Crippen LogP contribution >= 0.6 is 0 Å². The van der Waals surface area contributed by atoms with Gasteiger partial charge in [0.25, 0.3) is 0 Å². The second-order valence-electron chi connectivity index (χ2n) is 4.95. The minimum Gasteiger partial charge on any atom is -0.340 e. The molecule has 0 saturated carbocycles. The van der Waals surface area contributed by atoms with Gasteiger partial charge >= 0.3 is 0 Å². The maximum absolute atomic E-state index is 11.6. The number of carbonyl (C=O) groups excluding carboxylic acids is 2. The maximum Gasteiger partial charge on any atom is 0.230 e. The van der Waals surface area contributed by atoms with Crippen LogP contribution in [0.2, 0.25) is 0 Å². The largest absolute Gasteiger partial charge is 0.340 e. The first-order valence-electron chi connectivity index (χ1n) is 5.98. The first kappa shape index (κ1) is 13.2. The number of piperazine rings is 1. The van der Waals surface area contributed by atoms with Crippen LogP contribution in [0.15, 0.2) is 0 Å². The number of hydrogen-bond donors (Lipinski definition) is 0. The van der Waals surface area contributed by atoms with Gasteiger partial charge in [0, 0.05) is 32.7 Å². The van der Waals surface area contributed by atoms with Crippen molar-refractivity contribution in [2.45, 2.75) is 27.2 Å². The Hall–Kier alpha value is -0.900. The molecule has 4 heteroatoms. The van der Waals surface area contributed by atoms with E-state index in [0.717, 1.165) is 32.7 Å². The quantitative estimate of drug-likeness (QED) is 0.665. The van der Waals surface area contributed by atoms with Gasteiger partial charge in [-0.25, -0.2) is 0 Å². The average molecular weight is 226 g/mol. The number of Topliss-reactive ketones (excluding diaryl/α,β-unsaturated/α-hetero) is 1. The summed E-state index contributed by atoms with van der Waals surface area (Å²) in [7, 11) is 0. The number of nitrogens with zero attached hydrogens (tertiary/aromatic N) is 2. The molecule has 0 atom stereocenters. The van der Waals surface area contributed by atoms with E-state index in [1.54, 1.807) is 4.90 Å². The maximum atomic E-state index is 11.6. The van der Waals surface area contributed by atoms with Gasteiger partial charge in [0.05, 0.1) is 6.42 Å². The molecule has 1 amide bonds. The summed E-state index contributed by atoms with van der Waals surface area (Å²) < 4.78 is 0. The highest BCUT2D eigenvalue weighted by atomic mass is 16.2. The van der Waals surface area contributed by atoms with Crippen LogP contribution in [-0.4, -0.2) is 54.2 Å². The minimum absolute atomic E-state index is 0.0169. The molecule has 16 heavy (non-hydrogen) atoms. The molecule has 1 rings (SSSR count). The molecule has 0 bridgehead atoms. The first-order valence-corrected chi connectivity index (χ1v) is 5.98. The zero-order valence-corrected chi connectivity index (χ0v) is 10.5. The summed E-state index contributed by atoms with van der Waals surface area (Å²) in [5, 5.41) is 0. The Bertz CT molecular complexity index is 256. The van der Waals surface area contributed by atoms with E-state index in [2.05, 4.69) is 18.7 Å². The fraction of sp³-hybridized carbons (Fsp3) is 0.833. The van der Waals surface area contributed by atoms with Gasteiger partial charge in [-0.1, -0.05) is 13.8 Å². The van der Waals surface area contributed by atoms with E-state index >= 15 is 0 Å². The van der Waals surface area contributed by atoms with Crippen molar-refractivity contribution < 1.29 is 9.59 Å². The zero-order valence-electron chi connectivity index (χ0n) is 10.5. The number of ketones is 1. The van der Waals surface area contributed by atoms with Gasteiger partial charge < -0.3 is 4.90 Å². The molecule has 0 spiro atoms. The normalized spacial score (nSPS) is 17.9. The van der Waals surface area contributed by atoms with Gasteiger partial charge in [-0.2, -0.15) is 0 Å². The van der Waals surface area contributed by atoms with Crippen molar-refractivity contribution in [3.8, 4) is 0 Å². The Kier molecular flexibility index (Phi) is 4.93. The lowest BCUT2D eigenvalue weighted by Gasteiger charge is -2.35. The van der Waals surface area contributed by atoms with Gasteiger partial charge in [-0.15, -0.1) is 0 Å². The second kappa shape index (κ2) is 5.99. The number of hydrogen-bond acceptors (Lipinski definition) is 3. The zero-order chi connectivity index (χ0) is 12.1. The van der Waals surface area contributed by atoms with Gasteiger partial charge in [-0.3, -0.25) is 14.5 Å². The molecule has 0 unspecified atom stereocenters.